The third-order valence-electron chi connectivity index (χ3n) is 3.84. The van der Waals surface area contributed by atoms with E-state index in [9.17, 15) is 24.2 Å². The number of aliphatic hydroxyl groups excluding tert-OH is 2. The summed E-state index contributed by atoms with van der Waals surface area (Å²) in [7, 11) is -9.44. The third kappa shape index (κ3) is 4.60. The molecule has 28 heavy (non-hydrogen) atoms. The van der Waals surface area contributed by atoms with E-state index in [0.29, 0.717) is 0 Å². The lowest BCUT2D eigenvalue weighted by Crippen LogP contribution is -2.33. The fraction of sp³-hybridized carbons (Fsp3) is 0.545. The van der Waals surface area contributed by atoms with Crippen LogP contribution in [0.4, 0.5) is 5.82 Å². The summed E-state index contributed by atoms with van der Waals surface area (Å²) >= 11 is 3.08. The lowest BCUT2D eigenvalue weighted by atomic mass is 10.1. The first-order chi connectivity index (χ1) is 12.9. The molecule has 0 radical (unpaired) electrons. The van der Waals surface area contributed by atoms with Crippen molar-refractivity contribution in [1.82, 2.24) is 19.5 Å². The topological polar surface area (TPSA) is 223 Å². The van der Waals surface area contributed by atoms with Gasteiger partial charge in [0, 0.05) is 0 Å². The van der Waals surface area contributed by atoms with Crippen LogP contribution in [0.2, 0.25) is 0 Å². The predicted octanol–water partition coefficient (Wildman–Crippen LogP) is -0.873. The number of nitrogens with two attached hydrogens (primary N) is 1. The van der Waals surface area contributed by atoms with Gasteiger partial charge in [0.05, 0.1) is 12.9 Å². The fourth-order valence-electron chi connectivity index (χ4n) is 2.66. The zero-order valence-corrected chi connectivity index (χ0v) is 17.2. The SMILES string of the molecule is Nc1nc(Br)nc2c1ncn2[C@@H]1O[C@H](COP(=O)(O)CP(=O)(O)O)C(O)C1O. The predicted molar refractivity (Wildman–Crippen MR) is 96.0 cm³/mol. The first kappa shape index (κ1) is 21.7. The number of fused-ring (bicyclic) bond motifs is 1. The van der Waals surface area contributed by atoms with Crippen molar-refractivity contribution in [3.05, 3.63) is 11.1 Å². The molecular weight excluding hydrogens is 488 g/mol. The standard InChI is InChI=1S/C11H16BrN5O9P2/c12-11-15-8(13)5-9(16-11)17(2-14-5)10-7(19)6(18)4(26-10)1-25-28(23,24)3-27(20,21)22/h2,4,6-7,10,18-19H,1,3H2,(H,23,24)(H2,13,15,16)(H2,20,21,22)/t4-,6?,7?,10-/m1/s1. The lowest BCUT2D eigenvalue weighted by Gasteiger charge is -2.18. The largest absolute Gasteiger partial charge is 0.387 e. The van der Waals surface area contributed by atoms with Crippen LogP contribution in [-0.2, 0) is 18.4 Å². The molecule has 0 aromatic carbocycles. The molecule has 7 N–H and O–H groups in total. The maximum Gasteiger partial charge on any atom is 0.340 e. The molecule has 0 amide bonds. The second kappa shape index (κ2) is 7.69. The second-order valence-electron chi connectivity index (χ2n) is 5.99. The maximum atomic E-state index is 11.7. The molecule has 1 aliphatic rings. The van der Waals surface area contributed by atoms with Crippen LogP contribution in [-0.4, -0.2) is 75.2 Å². The molecular formula is C11H16BrN5O9P2. The van der Waals surface area contributed by atoms with E-state index in [1.54, 1.807) is 0 Å². The molecule has 1 fully saturated rings. The lowest BCUT2D eigenvalue weighted by molar-refractivity contribution is -0.0483. The molecule has 0 bridgehead atoms. The molecule has 0 spiro atoms. The number of nitrogens with zero attached hydrogens (tertiary/aromatic N) is 4. The molecule has 0 aliphatic carbocycles. The molecule has 5 atom stereocenters. The molecule has 1 saturated heterocycles. The molecule has 3 rings (SSSR count). The van der Waals surface area contributed by atoms with Crippen molar-refractivity contribution >= 4 is 48.1 Å². The summed E-state index contributed by atoms with van der Waals surface area (Å²) in [5, 5.41) is 20.4. The summed E-state index contributed by atoms with van der Waals surface area (Å²) in [4.78, 5) is 39.1. The molecule has 1 aliphatic heterocycles. The van der Waals surface area contributed by atoms with E-state index in [0.717, 1.165) is 0 Å². The first-order valence-electron chi connectivity index (χ1n) is 7.56. The molecule has 2 aromatic rings. The number of nitrogen functional groups attached to an aromatic ring is 1. The quantitative estimate of drug-likeness (QED) is 0.208. The molecule has 3 heterocycles. The van der Waals surface area contributed by atoms with E-state index in [-0.39, 0.29) is 21.7 Å². The Morgan fingerprint density at radius 2 is 1.93 bits per heavy atom. The van der Waals surface area contributed by atoms with Crippen molar-refractivity contribution in [3.8, 4) is 0 Å². The van der Waals surface area contributed by atoms with Gasteiger partial charge in [-0.2, -0.15) is 0 Å². The van der Waals surface area contributed by atoms with Gasteiger partial charge in [0.25, 0.3) is 0 Å². The Hall–Kier alpha value is -0.990. The number of aromatic nitrogens is 4. The fourth-order valence-corrected chi connectivity index (χ4v) is 5.59. The highest BCUT2D eigenvalue weighted by molar-refractivity contribution is 9.10. The van der Waals surface area contributed by atoms with E-state index in [2.05, 4.69) is 35.4 Å². The van der Waals surface area contributed by atoms with Crippen LogP contribution >= 0.6 is 31.1 Å². The first-order valence-corrected chi connectivity index (χ1v) is 11.9. The van der Waals surface area contributed by atoms with E-state index < -0.39 is 52.2 Å². The Morgan fingerprint density at radius 3 is 2.57 bits per heavy atom. The van der Waals surface area contributed by atoms with E-state index >= 15 is 0 Å². The minimum absolute atomic E-state index is 0.0715. The summed E-state index contributed by atoms with van der Waals surface area (Å²) in [6.07, 6.45) is -4.20. The van der Waals surface area contributed by atoms with Crippen molar-refractivity contribution in [2.45, 2.75) is 24.5 Å². The van der Waals surface area contributed by atoms with Gasteiger partial charge in [-0.25, -0.2) is 15.0 Å². The average Bonchev–Trinajstić information content (AvgIpc) is 3.06. The number of hydrogen-bond donors (Lipinski definition) is 6. The number of imidazole rings is 1. The van der Waals surface area contributed by atoms with Gasteiger partial charge in [0.15, 0.2) is 23.6 Å². The van der Waals surface area contributed by atoms with Gasteiger partial charge in [-0.05, 0) is 15.9 Å². The summed E-state index contributed by atoms with van der Waals surface area (Å²) in [5.41, 5.74) is 6.18. The summed E-state index contributed by atoms with van der Waals surface area (Å²) < 4.78 is 34.2. The number of rotatable bonds is 6. The van der Waals surface area contributed by atoms with Gasteiger partial charge in [0.1, 0.15) is 23.8 Å². The van der Waals surface area contributed by atoms with Crippen LogP contribution in [0, 0.1) is 0 Å². The number of halogens is 1. The average molecular weight is 504 g/mol. The molecule has 17 heteroatoms. The molecule has 156 valence electrons. The maximum absolute atomic E-state index is 11.7. The van der Waals surface area contributed by atoms with Gasteiger partial charge in [-0.15, -0.1) is 0 Å². The van der Waals surface area contributed by atoms with Crippen LogP contribution in [0.15, 0.2) is 11.1 Å². The van der Waals surface area contributed by atoms with Gasteiger partial charge in [-0.3, -0.25) is 13.7 Å². The van der Waals surface area contributed by atoms with E-state index in [1.807, 2.05) is 0 Å². The molecule has 0 saturated carbocycles. The zero-order valence-electron chi connectivity index (χ0n) is 13.8. The minimum atomic E-state index is -4.80. The number of hydrogen-bond acceptors (Lipinski definition) is 10. The van der Waals surface area contributed by atoms with Crippen LogP contribution in [0.5, 0.6) is 0 Å². The van der Waals surface area contributed by atoms with Crippen molar-refractivity contribution in [1.29, 1.82) is 0 Å². The third-order valence-corrected chi connectivity index (χ3v) is 7.65. The van der Waals surface area contributed by atoms with Crippen LogP contribution in [0.1, 0.15) is 6.23 Å². The van der Waals surface area contributed by atoms with Gasteiger partial charge >= 0.3 is 15.2 Å². The van der Waals surface area contributed by atoms with Crippen LogP contribution in [0.25, 0.3) is 11.2 Å². The normalized spacial score (nSPS) is 27.9. The summed E-state index contributed by atoms with van der Waals surface area (Å²) in [6.45, 7) is -0.698. The number of anilines is 1. The minimum Gasteiger partial charge on any atom is -0.387 e. The van der Waals surface area contributed by atoms with Crippen molar-refractivity contribution in [2.75, 3.05) is 18.2 Å². The number of aliphatic hydroxyl groups is 2. The highest BCUT2D eigenvalue weighted by Crippen LogP contribution is 2.55. The van der Waals surface area contributed by atoms with Gasteiger partial charge in [-0.1, -0.05) is 0 Å². The summed E-state index contributed by atoms with van der Waals surface area (Å²) in [6, 6.07) is 0. The Kier molecular flexibility index (Phi) is 5.96. The van der Waals surface area contributed by atoms with Crippen molar-refractivity contribution in [2.24, 2.45) is 0 Å². The Balaban J connectivity index is 1.78. The van der Waals surface area contributed by atoms with Crippen LogP contribution < -0.4 is 5.73 Å². The van der Waals surface area contributed by atoms with Gasteiger partial charge < -0.3 is 39.9 Å². The smallest absolute Gasteiger partial charge is 0.340 e. The summed E-state index contributed by atoms with van der Waals surface area (Å²) in [5.74, 6) is -1.31. The Bertz CT molecular complexity index is 983. The monoisotopic (exact) mass is 503 g/mol. The number of ether oxygens (including phenoxy) is 1. The van der Waals surface area contributed by atoms with Crippen LogP contribution in [0.3, 0.4) is 0 Å². The highest BCUT2D eigenvalue weighted by Gasteiger charge is 2.45. The second-order valence-corrected chi connectivity index (χ2v) is 10.7. The van der Waals surface area contributed by atoms with Crippen molar-refractivity contribution < 1.29 is 43.3 Å². The highest BCUT2D eigenvalue weighted by atomic mass is 79.9. The Labute approximate surface area is 165 Å². The van der Waals surface area contributed by atoms with E-state index in [1.165, 1.54) is 10.9 Å². The van der Waals surface area contributed by atoms with Gasteiger partial charge in [0.2, 0.25) is 4.73 Å². The molecule has 3 unspecified atom stereocenters. The molecule has 14 nitrogen and oxygen atoms in total. The van der Waals surface area contributed by atoms with E-state index in [4.69, 9.17) is 20.3 Å². The van der Waals surface area contributed by atoms with Crippen molar-refractivity contribution in [3.63, 3.8) is 0 Å². The Morgan fingerprint density at radius 1 is 1.25 bits per heavy atom. The zero-order chi connectivity index (χ0) is 20.9. The molecule has 2 aromatic heterocycles.